The summed E-state index contributed by atoms with van der Waals surface area (Å²) < 4.78 is 0. The highest BCUT2D eigenvalue weighted by molar-refractivity contribution is 4.90. The van der Waals surface area contributed by atoms with Gasteiger partial charge in [-0.15, -0.1) is 0 Å². The first-order valence-corrected chi connectivity index (χ1v) is 12.4. The minimum absolute atomic E-state index is 0. The average Bonchev–Trinajstić information content (AvgIpc) is 2.62. The van der Waals surface area contributed by atoms with Gasteiger partial charge in [0.2, 0.25) is 0 Å². The molecule has 1 atom stereocenters. The van der Waals surface area contributed by atoms with Gasteiger partial charge in [-0.05, 0) is 31.6 Å². The van der Waals surface area contributed by atoms with Crippen LogP contribution in [-0.4, -0.2) is 11.0 Å². The smallest absolute Gasteiger partial charge is 0.0182 e. The van der Waals surface area contributed by atoms with Crippen LogP contribution in [0.4, 0.5) is 0 Å². The van der Waals surface area contributed by atoms with E-state index in [1.54, 1.807) is 0 Å². The van der Waals surface area contributed by atoms with Crippen LogP contribution in [0.2, 0.25) is 0 Å². The first-order chi connectivity index (χ1) is 12.6. The zero-order valence-corrected chi connectivity index (χ0v) is 19.6. The second-order valence-corrected chi connectivity index (χ2v) is 8.90. The van der Waals surface area contributed by atoms with E-state index in [1.165, 1.54) is 122 Å². The molecule has 0 saturated heterocycles. The van der Waals surface area contributed by atoms with E-state index in [-0.39, 0.29) is 11.0 Å². The molecule has 0 heterocycles. The molecule has 0 bridgehead atoms. The van der Waals surface area contributed by atoms with Crippen molar-refractivity contribution < 1.29 is 5.48 Å². The van der Waals surface area contributed by atoms with Gasteiger partial charge in [-0.1, -0.05) is 124 Å². The molecule has 0 radical (unpaired) electrons. The molecular weight excluding hydrogens is 330 g/mol. The van der Waals surface area contributed by atoms with E-state index < -0.39 is 0 Å². The standard InChI is InChI=1S/C25H53N.H2O/c1-5-9-10-11-12-13-14-15-16-17-18-19-21-24(20-6-2)25(26,22-7-3)23-8-4;/h24H,5-23,26H2,1-4H3;1H2. The van der Waals surface area contributed by atoms with Gasteiger partial charge >= 0.3 is 0 Å². The number of hydrogen-bond acceptors (Lipinski definition) is 1. The third-order valence-electron chi connectivity index (χ3n) is 6.29. The summed E-state index contributed by atoms with van der Waals surface area (Å²) in [6.45, 7) is 9.22. The summed E-state index contributed by atoms with van der Waals surface area (Å²) in [4.78, 5) is 0. The monoisotopic (exact) mass is 385 g/mol. The van der Waals surface area contributed by atoms with E-state index in [9.17, 15) is 0 Å². The van der Waals surface area contributed by atoms with E-state index in [4.69, 9.17) is 5.73 Å². The Morgan fingerprint density at radius 3 is 1.30 bits per heavy atom. The Bertz CT molecular complexity index is 273. The lowest BCUT2D eigenvalue weighted by Gasteiger charge is -2.38. The molecule has 0 aromatic carbocycles. The van der Waals surface area contributed by atoms with E-state index >= 15 is 0 Å². The van der Waals surface area contributed by atoms with Crippen LogP contribution in [0, 0.1) is 5.92 Å². The molecule has 1 unspecified atom stereocenters. The minimum atomic E-state index is 0. The highest BCUT2D eigenvalue weighted by Crippen LogP contribution is 2.33. The van der Waals surface area contributed by atoms with Crippen LogP contribution in [0.5, 0.6) is 0 Å². The summed E-state index contributed by atoms with van der Waals surface area (Å²) in [5.74, 6) is 0.746. The van der Waals surface area contributed by atoms with Gasteiger partial charge in [0, 0.05) is 5.54 Å². The molecule has 0 saturated carbocycles. The van der Waals surface area contributed by atoms with Crippen molar-refractivity contribution in [3.8, 4) is 0 Å². The lowest BCUT2D eigenvalue weighted by atomic mass is 9.73. The minimum Gasteiger partial charge on any atom is -0.412 e. The van der Waals surface area contributed by atoms with Crippen molar-refractivity contribution in [3.63, 3.8) is 0 Å². The summed E-state index contributed by atoms with van der Waals surface area (Å²) >= 11 is 0. The largest absolute Gasteiger partial charge is 0.412 e. The van der Waals surface area contributed by atoms with Crippen LogP contribution < -0.4 is 5.73 Å². The summed E-state index contributed by atoms with van der Waals surface area (Å²) in [6.07, 6.45) is 26.1. The topological polar surface area (TPSA) is 57.5 Å². The van der Waals surface area contributed by atoms with Crippen LogP contribution >= 0.6 is 0 Å². The zero-order valence-electron chi connectivity index (χ0n) is 19.6. The lowest BCUT2D eigenvalue weighted by Crippen LogP contribution is -2.47. The van der Waals surface area contributed by atoms with Crippen molar-refractivity contribution in [3.05, 3.63) is 0 Å². The maximum Gasteiger partial charge on any atom is 0.0182 e. The Hall–Kier alpha value is -0.0800. The molecule has 0 aliphatic carbocycles. The maximum atomic E-state index is 6.89. The molecule has 0 aromatic heterocycles. The molecular formula is C25H55NO. The van der Waals surface area contributed by atoms with Crippen molar-refractivity contribution in [2.75, 3.05) is 0 Å². The SMILES string of the molecule is CCCCCCCCCCCCCCC(CCC)C(N)(CCC)CCC.O. The summed E-state index contributed by atoms with van der Waals surface area (Å²) in [7, 11) is 0. The number of rotatable bonds is 20. The van der Waals surface area contributed by atoms with E-state index in [0.717, 1.165) is 5.92 Å². The van der Waals surface area contributed by atoms with Crippen molar-refractivity contribution in [1.82, 2.24) is 0 Å². The van der Waals surface area contributed by atoms with E-state index in [2.05, 4.69) is 27.7 Å². The molecule has 0 aromatic rings. The number of unbranched alkanes of at least 4 members (excludes halogenated alkanes) is 11. The second kappa shape index (κ2) is 20.6. The molecule has 0 rings (SSSR count). The normalized spacial score (nSPS) is 12.8. The van der Waals surface area contributed by atoms with Crippen LogP contribution in [-0.2, 0) is 0 Å². The first-order valence-electron chi connectivity index (χ1n) is 12.4. The molecule has 4 N–H and O–H groups in total. The fourth-order valence-electron chi connectivity index (χ4n) is 4.76. The van der Waals surface area contributed by atoms with E-state index in [1.807, 2.05) is 0 Å². The summed E-state index contributed by atoms with van der Waals surface area (Å²) in [6, 6.07) is 0. The van der Waals surface area contributed by atoms with Gasteiger partial charge in [0.15, 0.2) is 0 Å². The molecule has 0 amide bonds. The second-order valence-electron chi connectivity index (χ2n) is 8.90. The van der Waals surface area contributed by atoms with Gasteiger partial charge in [0.05, 0.1) is 0 Å². The third kappa shape index (κ3) is 15.5. The molecule has 0 aliphatic rings. The molecule has 27 heavy (non-hydrogen) atoms. The Labute approximate surface area is 172 Å². The molecule has 2 heteroatoms. The Kier molecular flexibility index (Phi) is 22.3. The van der Waals surface area contributed by atoms with Gasteiger partial charge in [-0.25, -0.2) is 0 Å². The highest BCUT2D eigenvalue weighted by Gasteiger charge is 2.31. The lowest BCUT2D eigenvalue weighted by molar-refractivity contribution is 0.200. The molecule has 2 nitrogen and oxygen atoms in total. The van der Waals surface area contributed by atoms with Crippen LogP contribution in [0.1, 0.15) is 150 Å². The van der Waals surface area contributed by atoms with Gasteiger partial charge in [0.1, 0.15) is 0 Å². The fraction of sp³-hybridized carbons (Fsp3) is 1.00. The number of nitrogens with two attached hydrogens (primary N) is 1. The predicted molar refractivity (Wildman–Crippen MR) is 124 cm³/mol. The molecule has 0 fully saturated rings. The van der Waals surface area contributed by atoms with Crippen molar-refractivity contribution in [2.45, 2.75) is 155 Å². The van der Waals surface area contributed by atoms with Crippen molar-refractivity contribution in [1.29, 1.82) is 0 Å². The van der Waals surface area contributed by atoms with Crippen LogP contribution in [0.25, 0.3) is 0 Å². The quantitative estimate of drug-likeness (QED) is 0.212. The molecule has 0 spiro atoms. The maximum absolute atomic E-state index is 6.89. The molecule has 0 aliphatic heterocycles. The van der Waals surface area contributed by atoms with Crippen molar-refractivity contribution in [2.24, 2.45) is 11.7 Å². The Morgan fingerprint density at radius 1 is 0.519 bits per heavy atom. The third-order valence-corrected chi connectivity index (χ3v) is 6.29. The van der Waals surface area contributed by atoms with Crippen LogP contribution in [0.15, 0.2) is 0 Å². The van der Waals surface area contributed by atoms with Gasteiger partial charge < -0.3 is 11.2 Å². The molecule has 166 valence electrons. The summed E-state index contributed by atoms with van der Waals surface area (Å²) in [5.41, 5.74) is 7.00. The van der Waals surface area contributed by atoms with Crippen LogP contribution in [0.3, 0.4) is 0 Å². The average molecular weight is 386 g/mol. The van der Waals surface area contributed by atoms with Gasteiger partial charge in [-0.3, -0.25) is 0 Å². The van der Waals surface area contributed by atoms with Gasteiger partial charge in [-0.2, -0.15) is 0 Å². The predicted octanol–water partition coefficient (Wildman–Crippen LogP) is 7.97. The van der Waals surface area contributed by atoms with E-state index in [0.29, 0.717) is 0 Å². The zero-order chi connectivity index (χ0) is 19.5. The highest BCUT2D eigenvalue weighted by atomic mass is 16.0. The Balaban J connectivity index is 0. The Morgan fingerprint density at radius 2 is 0.926 bits per heavy atom. The first kappa shape index (κ1) is 29.1. The summed E-state index contributed by atoms with van der Waals surface area (Å²) in [5, 5.41) is 0. The fourth-order valence-corrected chi connectivity index (χ4v) is 4.76. The number of hydrogen-bond donors (Lipinski definition) is 1. The van der Waals surface area contributed by atoms with Crippen molar-refractivity contribution >= 4 is 0 Å². The van der Waals surface area contributed by atoms with Gasteiger partial charge in [0.25, 0.3) is 0 Å².